The summed E-state index contributed by atoms with van der Waals surface area (Å²) in [7, 11) is 0. The van der Waals surface area contributed by atoms with E-state index in [0.717, 1.165) is 13.0 Å². The predicted molar refractivity (Wildman–Crippen MR) is 78.7 cm³/mol. The molecule has 0 aliphatic carbocycles. The maximum atomic E-state index is 11.9. The number of aromatic nitrogens is 1. The molecule has 2 amide bonds. The molecule has 0 bridgehead atoms. The average Bonchev–Trinajstić information content (AvgIpc) is 2.45. The summed E-state index contributed by atoms with van der Waals surface area (Å²) in [4.78, 5) is 27.3. The molecule has 1 aromatic rings. The van der Waals surface area contributed by atoms with Crippen LogP contribution in [0, 0.1) is 0 Å². The molecule has 20 heavy (non-hydrogen) atoms. The van der Waals surface area contributed by atoms with Gasteiger partial charge in [-0.2, -0.15) is 0 Å². The van der Waals surface area contributed by atoms with Gasteiger partial charge in [0.25, 0.3) is 5.91 Å². The summed E-state index contributed by atoms with van der Waals surface area (Å²) in [5, 5.41) is 8.52. The monoisotopic (exact) mass is 278 g/mol. The van der Waals surface area contributed by atoms with E-state index in [4.69, 9.17) is 0 Å². The molecule has 0 saturated carbocycles. The number of pyridine rings is 1. The second-order valence-corrected chi connectivity index (χ2v) is 4.32. The summed E-state index contributed by atoms with van der Waals surface area (Å²) < 4.78 is 0. The Bertz CT molecular complexity index is 449. The van der Waals surface area contributed by atoms with Crippen LogP contribution in [0.25, 0.3) is 0 Å². The van der Waals surface area contributed by atoms with Gasteiger partial charge in [0, 0.05) is 37.8 Å². The normalized spacial score (nSPS) is 9.90. The molecule has 6 heteroatoms. The molecule has 0 radical (unpaired) electrons. The van der Waals surface area contributed by atoms with Crippen LogP contribution in [0.2, 0.25) is 0 Å². The fourth-order valence-electron chi connectivity index (χ4n) is 1.60. The lowest BCUT2D eigenvalue weighted by atomic mass is 10.2. The Labute approximate surface area is 119 Å². The number of carbonyl (C=O) groups excluding carboxylic acids is 2. The second-order valence-electron chi connectivity index (χ2n) is 4.32. The van der Waals surface area contributed by atoms with E-state index in [0.29, 0.717) is 24.5 Å². The van der Waals surface area contributed by atoms with E-state index >= 15 is 0 Å². The third-order valence-electron chi connectivity index (χ3n) is 2.59. The van der Waals surface area contributed by atoms with Crippen LogP contribution in [-0.4, -0.2) is 36.4 Å². The van der Waals surface area contributed by atoms with E-state index in [1.54, 1.807) is 18.3 Å². The molecule has 1 aromatic heterocycles. The smallest absolute Gasteiger partial charge is 0.251 e. The van der Waals surface area contributed by atoms with Gasteiger partial charge in [-0.15, -0.1) is 0 Å². The van der Waals surface area contributed by atoms with Gasteiger partial charge in [0.1, 0.15) is 5.82 Å². The summed E-state index contributed by atoms with van der Waals surface area (Å²) in [5.41, 5.74) is 0.537. The van der Waals surface area contributed by atoms with Crippen LogP contribution in [0.5, 0.6) is 0 Å². The van der Waals surface area contributed by atoms with Gasteiger partial charge in [-0.25, -0.2) is 4.98 Å². The second kappa shape index (κ2) is 8.90. The first kappa shape index (κ1) is 15.9. The molecule has 0 fully saturated rings. The lowest BCUT2D eigenvalue weighted by molar-refractivity contribution is -0.120. The maximum Gasteiger partial charge on any atom is 0.251 e. The first-order valence-corrected chi connectivity index (χ1v) is 6.92. The van der Waals surface area contributed by atoms with Crippen molar-refractivity contribution in [1.29, 1.82) is 0 Å². The van der Waals surface area contributed by atoms with Crippen LogP contribution in [0.1, 0.15) is 37.0 Å². The van der Waals surface area contributed by atoms with Crippen molar-refractivity contribution in [3.63, 3.8) is 0 Å². The molecule has 0 atom stereocenters. The quantitative estimate of drug-likeness (QED) is 0.666. The van der Waals surface area contributed by atoms with Crippen LogP contribution in [0.3, 0.4) is 0 Å². The SMILES string of the molecule is CCCNc1cc(C(=O)NCCC(=O)NCC)ccn1. The van der Waals surface area contributed by atoms with Crippen molar-refractivity contribution in [3.8, 4) is 0 Å². The third kappa shape index (κ3) is 5.69. The van der Waals surface area contributed by atoms with Crippen molar-refractivity contribution >= 4 is 17.6 Å². The molecule has 0 spiro atoms. The van der Waals surface area contributed by atoms with Gasteiger partial charge in [-0.1, -0.05) is 6.92 Å². The molecule has 0 aliphatic heterocycles. The summed E-state index contributed by atoms with van der Waals surface area (Å²) in [6.07, 6.45) is 2.87. The van der Waals surface area contributed by atoms with Crippen molar-refractivity contribution in [2.24, 2.45) is 0 Å². The van der Waals surface area contributed by atoms with Gasteiger partial charge in [0.15, 0.2) is 0 Å². The van der Waals surface area contributed by atoms with Crippen molar-refractivity contribution in [2.75, 3.05) is 25.0 Å². The number of carbonyl (C=O) groups is 2. The highest BCUT2D eigenvalue weighted by Gasteiger charge is 2.07. The number of nitrogens with zero attached hydrogens (tertiary/aromatic N) is 1. The fourth-order valence-corrected chi connectivity index (χ4v) is 1.60. The van der Waals surface area contributed by atoms with Crippen LogP contribution in [-0.2, 0) is 4.79 Å². The molecule has 1 rings (SSSR count). The summed E-state index contributed by atoms with van der Waals surface area (Å²) in [5.74, 6) is 0.423. The number of hydrogen-bond acceptors (Lipinski definition) is 4. The van der Waals surface area contributed by atoms with Gasteiger partial charge in [0.05, 0.1) is 0 Å². The molecular formula is C14H22N4O2. The molecule has 0 saturated heterocycles. The van der Waals surface area contributed by atoms with Crippen LogP contribution >= 0.6 is 0 Å². The predicted octanol–water partition coefficient (Wildman–Crippen LogP) is 1.16. The van der Waals surface area contributed by atoms with Gasteiger partial charge in [0.2, 0.25) is 5.91 Å². The van der Waals surface area contributed by atoms with Crippen LogP contribution in [0.4, 0.5) is 5.82 Å². The Hall–Kier alpha value is -2.11. The van der Waals surface area contributed by atoms with Gasteiger partial charge in [-0.05, 0) is 25.5 Å². The van der Waals surface area contributed by atoms with E-state index < -0.39 is 0 Å². The minimum Gasteiger partial charge on any atom is -0.370 e. The number of nitrogens with one attached hydrogen (secondary N) is 3. The molecule has 0 aromatic carbocycles. The topological polar surface area (TPSA) is 83.1 Å². The first-order valence-electron chi connectivity index (χ1n) is 6.92. The molecule has 0 aliphatic rings. The van der Waals surface area contributed by atoms with Gasteiger partial charge < -0.3 is 16.0 Å². The number of hydrogen-bond donors (Lipinski definition) is 3. The zero-order valence-corrected chi connectivity index (χ0v) is 12.0. The lowest BCUT2D eigenvalue weighted by Gasteiger charge is -2.07. The van der Waals surface area contributed by atoms with Gasteiger partial charge >= 0.3 is 0 Å². The Morgan fingerprint density at radius 3 is 2.70 bits per heavy atom. The zero-order chi connectivity index (χ0) is 14.8. The Kier molecular flexibility index (Phi) is 7.10. The Morgan fingerprint density at radius 1 is 1.20 bits per heavy atom. The fraction of sp³-hybridized carbons (Fsp3) is 0.500. The summed E-state index contributed by atoms with van der Waals surface area (Å²) in [6, 6.07) is 3.36. The van der Waals surface area contributed by atoms with Crippen molar-refractivity contribution in [3.05, 3.63) is 23.9 Å². The van der Waals surface area contributed by atoms with Crippen LogP contribution in [0.15, 0.2) is 18.3 Å². The highest BCUT2D eigenvalue weighted by Crippen LogP contribution is 2.06. The minimum atomic E-state index is -0.198. The Morgan fingerprint density at radius 2 is 2.00 bits per heavy atom. The van der Waals surface area contributed by atoms with E-state index in [1.165, 1.54) is 0 Å². The van der Waals surface area contributed by atoms with Crippen molar-refractivity contribution in [1.82, 2.24) is 15.6 Å². The molecular weight excluding hydrogens is 256 g/mol. The number of anilines is 1. The molecule has 3 N–H and O–H groups in total. The minimum absolute atomic E-state index is 0.0622. The van der Waals surface area contributed by atoms with E-state index in [-0.39, 0.29) is 18.2 Å². The molecule has 110 valence electrons. The standard InChI is InChI=1S/C14H22N4O2/c1-3-7-16-12-10-11(5-8-17-12)14(20)18-9-6-13(19)15-4-2/h5,8,10H,3-4,6-7,9H2,1-2H3,(H,15,19)(H,16,17)(H,18,20). The van der Waals surface area contributed by atoms with E-state index in [1.807, 2.05) is 6.92 Å². The number of amides is 2. The highest BCUT2D eigenvalue weighted by atomic mass is 16.2. The molecule has 1 heterocycles. The lowest BCUT2D eigenvalue weighted by Crippen LogP contribution is -2.30. The average molecular weight is 278 g/mol. The first-order chi connectivity index (χ1) is 9.67. The van der Waals surface area contributed by atoms with Crippen molar-refractivity contribution in [2.45, 2.75) is 26.7 Å². The van der Waals surface area contributed by atoms with Gasteiger partial charge in [-0.3, -0.25) is 9.59 Å². The molecule has 6 nitrogen and oxygen atoms in total. The van der Waals surface area contributed by atoms with Crippen molar-refractivity contribution < 1.29 is 9.59 Å². The maximum absolute atomic E-state index is 11.9. The summed E-state index contributed by atoms with van der Waals surface area (Å²) >= 11 is 0. The van der Waals surface area contributed by atoms with E-state index in [2.05, 4.69) is 27.9 Å². The Balaban J connectivity index is 2.44. The van der Waals surface area contributed by atoms with E-state index in [9.17, 15) is 9.59 Å². The number of rotatable bonds is 8. The zero-order valence-electron chi connectivity index (χ0n) is 12.0. The largest absolute Gasteiger partial charge is 0.370 e. The van der Waals surface area contributed by atoms with Crippen LogP contribution < -0.4 is 16.0 Å². The third-order valence-corrected chi connectivity index (χ3v) is 2.59. The highest BCUT2D eigenvalue weighted by molar-refractivity contribution is 5.95. The summed E-state index contributed by atoms with van der Waals surface area (Å²) in [6.45, 7) is 5.66. The molecule has 0 unspecified atom stereocenters.